The van der Waals surface area contributed by atoms with Gasteiger partial charge in [-0.15, -0.1) is 0 Å². The van der Waals surface area contributed by atoms with Crippen LogP contribution in [0.1, 0.15) is 28.4 Å². The van der Waals surface area contributed by atoms with Crippen LogP contribution in [0.25, 0.3) is 0 Å². The van der Waals surface area contributed by atoms with E-state index in [1.165, 1.54) is 11.1 Å². The molecule has 1 aliphatic heterocycles. The number of nitrogens with one attached hydrogen (secondary N) is 1. The molecule has 110 valence electrons. The van der Waals surface area contributed by atoms with Crippen LogP contribution in [-0.4, -0.2) is 18.3 Å². The number of fused-ring (bicyclic) bond motifs is 1. The third kappa shape index (κ3) is 3.26. The molecular formula is C18H21NO2. The highest BCUT2D eigenvalue weighted by molar-refractivity contribution is 5.39. The first-order chi connectivity index (χ1) is 10.2. The third-order valence-electron chi connectivity index (χ3n) is 3.97. The van der Waals surface area contributed by atoms with Crippen LogP contribution in [0, 0.1) is 6.92 Å². The molecule has 3 nitrogen and oxygen atoms in total. The predicted molar refractivity (Wildman–Crippen MR) is 83.5 cm³/mol. The summed E-state index contributed by atoms with van der Waals surface area (Å²) in [6.45, 7) is 4.13. The summed E-state index contributed by atoms with van der Waals surface area (Å²) >= 11 is 0. The van der Waals surface area contributed by atoms with Crippen molar-refractivity contribution in [2.24, 2.45) is 0 Å². The van der Waals surface area contributed by atoms with Crippen molar-refractivity contribution >= 4 is 0 Å². The monoisotopic (exact) mass is 283 g/mol. The molecule has 0 spiro atoms. The summed E-state index contributed by atoms with van der Waals surface area (Å²) in [7, 11) is 0. The van der Waals surface area contributed by atoms with Gasteiger partial charge in [-0.05, 0) is 35.2 Å². The standard InChI is InChI=1S/C18H21NO2/c1-13-4-2-3-5-16(13)17(20)12-19-11-14-6-7-18-15(10-14)8-9-21-18/h2-7,10,17,19-20H,8-9,11-12H2,1H3. The van der Waals surface area contributed by atoms with Gasteiger partial charge in [0.15, 0.2) is 0 Å². The van der Waals surface area contributed by atoms with E-state index in [9.17, 15) is 5.11 Å². The van der Waals surface area contributed by atoms with Crippen LogP contribution in [0.5, 0.6) is 5.75 Å². The molecule has 0 bridgehead atoms. The molecule has 0 aliphatic carbocycles. The van der Waals surface area contributed by atoms with Crippen molar-refractivity contribution in [2.45, 2.75) is 26.0 Å². The Morgan fingerprint density at radius 2 is 2.10 bits per heavy atom. The molecule has 2 N–H and O–H groups in total. The fraction of sp³-hybridized carbons (Fsp3) is 0.333. The van der Waals surface area contributed by atoms with E-state index < -0.39 is 6.10 Å². The highest BCUT2D eigenvalue weighted by Gasteiger charge is 2.12. The van der Waals surface area contributed by atoms with Crippen LogP contribution in [0.15, 0.2) is 42.5 Å². The summed E-state index contributed by atoms with van der Waals surface area (Å²) in [5, 5.41) is 13.6. The molecule has 2 aromatic rings. The normalized spacial score (nSPS) is 14.6. The quantitative estimate of drug-likeness (QED) is 0.886. The van der Waals surface area contributed by atoms with Crippen molar-refractivity contribution in [2.75, 3.05) is 13.2 Å². The molecule has 1 atom stereocenters. The number of benzene rings is 2. The zero-order chi connectivity index (χ0) is 14.7. The van der Waals surface area contributed by atoms with Crippen LogP contribution in [0.4, 0.5) is 0 Å². The number of aliphatic hydroxyl groups excluding tert-OH is 1. The van der Waals surface area contributed by atoms with Crippen LogP contribution in [-0.2, 0) is 13.0 Å². The van der Waals surface area contributed by atoms with Crippen molar-refractivity contribution in [1.82, 2.24) is 5.32 Å². The van der Waals surface area contributed by atoms with Gasteiger partial charge in [-0.1, -0.05) is 36.4 Å². The highest BCUT2D eigenvalue weighted by atomic mass is 16.5. The predicted octanol–water partition coefficient (Wildman–Crippen LogP) is 2.75. The minimum atomic E-state index is -0.469. The molecule has 1 unspecified atom stereocenters. The molecule has 0 radical (unpaired) electrons. The largest absolute Gasteiger partial charge is 0.493 e. The van der Waals surface area contributed by atoms with E-state index in [0.717, 1.165) is 36.4 Å². The van der Waals surface area contributed by atoms with Gasteiger partial charge in [0.25, 0.3) is 0 Å². The van der Waals surface area contributed by atoms with Gasteiger partial charge >= 0.3 is 0 Å². The summed E-state index contributed by atoms with van der Waals surface area (Å²) in [6.07, 6.45) is 0.526. The van der Waals surface area contributed by atoms with E-state index in [1.54, 1.807) is 0 Å². The molecule has 0 amide bonds. The lowest BCUT2D eigenvalue weighted by atomic mass is 10.0. The summed E-state index contributed by atoms with van der Waals surface area (Å²) in [5.41, 5.74) is 4.64. The highest BCUT2D eigenvalue weighted by Crippen LogP contribution is 2.25. The van der Waals surface area contributed by atoms with Gasteiger partial charge in [0.1, 0.15) is 5.75 Å². The lowest BCUT2D eigenvalue weighted by molar-refractivity contribution is 0.173. The number of hydrogen-bond donors (Lipinski definition) is 2. The molecule has 0 fully saturated rings. The lowest BCUT2D eigenvalue weighted by Gasteiger charge is -2.14. The molecule has 1 aliphatic rings. The minimum Gasteiger partial charge on any atom is -0.493 e. The number of ether oxygens (including phenoxy) is 1. The zero-order valence-electron chi connectivity index (χ0n) is 12.3. The van der Waals surface area contributed by atoms with Gasteiger partial charge in [-0.3, -0.25) is 0 Å². The molecule has 3 heteroatoms. The van der Waals surface area contributed by atoms with Gasteiger partial charge in [0, 0.05) is 19.5 Å². The molecule has 21 heavy (non-hydrogen) atoms. The minimum absolute atomic E-state index is 0.469. The van der Waals surface area contributed by atoms with Crippen LogP contribution in [0.2, 0.25) is 0 Å². The number of aryl methyl sites for hydroxylation is 1. The maximum absolute atomic E-state index is 10.3. The van der Waals surface area contributed by atoms with Crippen molar-refractivity contribution in [3.63, 3.8) is 0 Å². The molecular weight excluding hydrogens is 262 g/mol. The van der Waals surface area contributed by atoms with E-state index in [4.69, 9.17) is 4.74 Å². The maximum Gasteiger partial charge on any atom is 0.122 e. The molecule has 0 saturated carbocycles. The molecule has 0 aromatic heterocycles. The van der Waals surface area contributed by atoms with Crippen LogP contribution < -0.4 is 10.1 Å². The van der Waals surface area contributed by atoms with E-state index in [-0.39, 0.29) is 0 Å². The third-order valence-corrected chi connectivity index (χ3v) is 3.97. The molecule has 0 saturated heterocycles. The average Bonchev–Trinajstić information content (AvgIpc) is 2.95. The summed E-state index contributed by atoms with van der Waals surface area (Å²) in [4.78, 5) is 0. The van der Waals surface area contributed by atoms with Crippen molar-refractivity contribution in [3.05, 3.63) is 64.7 Å². The first-order valence-electron chi connectivity index (χ1n) is 7.43. The zero-order valence-corrected chi connectivity index (χ0v) is 12.3. The fourth-order valence-electron chi connectivity index (χ4n) is 2.77. The van der Waals surface area contributed by atoms with Crippen LogP contribution in [0.3, 0.4) is 0 Å². The van der Waals surface area contributed by atoms with Crippen LogP contribution >= 0.6 is 0 Å². The maximum atomic E-state index is 10.3. The lowest BCUT2D eigenvalue weighted by Crippen LogP contribution is -2.21. The topological polar surface area (TPSA) is 41.5 Å². The Bertz CT molecular complexity index is 624. The fourth-order valence-corrected chi connectivity index (χ4v) is 2.77. The SMILES string of the molecule is Cc1ccccc1C(O)CNCc1ccc2c(c1)CCO2. The van der Waals surface area contributed by atoms with Crippen molar-refractivity contribution in [3.8, 4) is 5.75 Å². The Labute approximate surface area is 125 Å². The van der Waals surface area contributed by atoms with Gasteiger partial charge in [-0.25, -0.2) is 0 Å². The first kappa shape index (κ1) is 14.1. The first-order valence-corrected chi connectivity index (χ1v) is 7.43. The summed E-state index contributed by atoms with van der Waals surface area (Å²) in [6, 6.07) is 14.3. The second-order valence-corrected chi connectivity index (χ2v) is 5.54. The average molecular weight is 283 g/mol. The Morgan fingerprint density at radius 3 is 2.95 bits per heavy atom. The van der Waals surface area contributed by atoms with Gasteiger partial charge in [0.05, 0.1) is 12.7 Å². The number of hydrogen-bond acceptors (Lipinski definition) is 3. The second kappa shape index (κ2) is 6.29. The van der Waals surface area contributed by atoms with Gasteiger partial charge in [-0.2, -0.15) is 0 Å². The van der Waals surface area contributed by atoms with E-state index in [1.807, 2.05) is 37.3 Å². The summed E-state index contributed by atoms with van der Waals surface area (Å²) in [5.74, 6) is 1.01. The molecule has 1 heterocycles. The van der Waals surface area contributed by atoms with Gasteiger partial charge < -0.3 is 15.2 Å². The number of rotatable bonds is 5. The summed E-state index contributed by atoms with van der Waals surface area (Å²) < 4.78 is 5.51. The second-order valence-electron chi connectivity index (χ2n) is 5.54. The van der Waals surface area contributed by atoms with Crippen molar-refractivity contribution < 1.29 is 9.84 Å². The Balaban J connectivity index is 1.55. The van der Waals surface area contributed by atoms with E-state index in [0.29, 0.717) is 6.54 Å². The van der Waals surface area contributed by atoms with Gasteiger partial charge in [0.2, 0.25) is 0 Å². The Hall–Kier alpha value is -1.84. The molecule has 2 aromatic carbocycles. The van der Waals surface area contributed by atoms with Crippen molar-refractivity contribution in [1.29, 1.82) is 0 Å². The smallest absolute Gasteiger partial charge is 0.122 e. The Kier molecular flexibility index (Phi) is 4.23. The molecule has 3 rings (SSSR count). The number of aliphatic hydroxyl groups is 1. The Morgan fingerprint density at radius 1 is 1.24 bits per heavy atom. The van der Waals surface area contributed by atoms with E-state index >= 15 is 0 Å². The van der Waals surface area contributed by atoms with E-state index in [2.05, 4.69) is 17.4 Å².